The summed E-state index contributed by atoms with van der Waals surface area (Å²) in [5, 5.41) is 1.06. The van der Waals surface area contributed by atoms with E-state index in [0.29, 0.717) is 0 Å². The quantitative estimate of drug-likeness (QED) is 0.566. The number of hydrogen-bond donors (Lipinski definition) is 0. The molecule has 0 spiro atoms. The van der Waals surface area contributed by atoms with Crippen molar-refractivity contribution < 1.29 is 0 Å². The van der Waals surface area contributed by atoms with Crippen molar-refractivity contribution in [2.75, 3.05) is 0 Å². The SMILES string of the molecule is Cc1ccc2cc(Cc3cnc4cccnc4c3)cnc2n1. The van der Waals surface area contributed by atoms with Gasteiger partial charge in [-0.25, -0.2) is 9.97 Å². The van der Waals surface area contributed by atoms with Crippen molar-refractivity contribution in [3.05, 3.63) is 71.8 Å². The number of aromatic nitrogens is 4. The third kappa shape index (κ3) is 2.39. The fourth-order valence-corrected chi connectivity index (χ4v) is 2.57. The summed E-state index contributed by atoms with van der Waals surface area (Å²) in [5.74, 6) is 0. The second-order valence-electron chi connectivity index (χ2n) is 5.40. The minimum Gasteiger partial charge on any atom is -0.255 e. The van der Waals surface area contributed by atoms with E-state index >= 15 is 0 Å². The average Bonchev–Trinajstić information content (AvgIpc) is 2.55. The molecule has 4 aromatic heterocycles. The van der Waals surface area contributed by atoms with Crippen LogP contribution in [0.3, 0.4) is 0 Å². The van der Waals surface area contributed by atoms with Gasteiger partial charge < -0.3 is 0 Å². The molecule has 4 heterocycles. The van der Waals surface area contributed by atoms with Crippen LogP contribution in [0.5, 0.6) is 0 Å². The smallest absolute Gasteiger partial charge is 0.159 e. The Morgan fingerprint density at radius 2 is 1.73 bits per heavy atom. The molecule has 0 bridgehead atoms. The molecule has 0 fully saturated rings. The van der Waals surface area contributed by atoms with E-state index in [0.717, 1.165) is 45.3 Å². The van der Waals surface area contributed by atoms with Crippen molar-refractivity contribution in [3.63, 3.8) is 0 Å². The summed E-state index contributed by atoms with van der Waals surface area (Å²) in [5.41, 5.74) is 5.90. The molecule has 0 N–H and O–H groups in total. The molecule has 106 valence electrons. The van der Waals surface area contributed by atoms with Gasteiger partial charge >= 0.3 is 0 Å². The van der Waals surface area contributed by atoms with Crippen molar-refractivity contribution in [3.8, 4) is 0 Å². The van der Waals surface area contributed by atoms with Crippen molar-refractivity contribution in [1.29, 1.82) is 0 Å². The van der Waals surface area contributed by atoms with Gasteiger partial charge in [0.2, 0.25) is 0 Å². The first-order chi connectivity index (χ1) is 10.8. The number of aryl methyl sites for hydroxylation is 1. The summed E-state index contributed by atoms with van der Waals surface area (Å²) >= 11 is 0. The van der Waals surface area contributed by atoms with Crippen LogP contribution in [0.2, 0.25) is 0 Å². The number of rotatable bonds is 2. The Hall–Kier alpha value is -2.88. The van der Waals surface area contributed by atoms with Crippen molar-refractivity contribution >= 4 is 22.1 Å². The van der Waals surface area contributed by atoms with Gasteiger partial charge in [0, 0.05) is 36.1 Å². The van der Waals surface area contributed by atoms with Crippen molar-refractivity contribution in [2.24, 2.45) is 0 Å². The van der Waals surface area contributed by atoms with E-state index in [1.165, 1.54) is 0 Å². The Labute approximate surface area is 127 Å². The molecule has 0 aliphatic rings. The van der Waals surface area contributed by atoms with Crippen molar-refractivity contribution in [2.45, 2.75) is 13.3 Å². The summed E-state index contributed by atoms with van der Waals surface area (Å²) in [6.45, 7) is 1.97. The average molecular weight is 286 g/mol. The predicted octanol–water partition coefficient (Wildman–Crippen LogP) is 3.47. The largest absolute Gasteiger partial charge is 0.255 e. The van der Waals surface area contributed by atoms with Crippen LogP contribution in [0.25, 0.3) is 22.1 Å². The van der Waals surface area contributed by atoms with Crippen LogP contribution in [0.1, 0.15) is 16.8 Å². The van der Waals surface area contributed by atoms with Crippen LogP contribution < -0.4 is 0 Å². The van der Waals surface area contributed by atoms with E-state index in [-0.39, 0.29) is 0 Å². The van der Waals surface area contributed by atoms with Crippen molar-refractivity contribution in [1.82, 2.24) is 19.9 Å². The first-order valence-corrected chi connectivity index (χ1v) is 7.20. The molecule has 4 nitrogen and oxygen atoms in total. The molecule has 4 aromatic rings. The van der Waals surface area contributed by atoms with E-state index in [2.05, 4.69) is 38.1 Å². The van der Waals surface area contributed by atoms with Crippen LogP contribution in [0, 0.1) is 6.92 Å². The molecular formula is C18H14N4. The van der Waals surface area contributed by atoms with Gasteiger partial charge in [-0.1, -0.05) is 0 Å². The molecule has 0 saturated carbocycles. The molecule has 0 atom stereocenters. The van der Waals surface area contributed by atoms with Gasteiger partial charge in [-0.05, 0) is 54.4 Å². The van der Waals surface area contributed by atoms with Crippen LogP contribution in [-0.4, -0.2) is 19.9 Å². The van der Waals surface area contributed by atoms with E-state index < -0.39 is 0 Å². The third-order valence-electron chi connectivity index (χ3n) is 3.65. The monoisotopic (exact) mass is 286 g/mol. The molecule has 4 heteroatoms. The summed E-state index contributed by atoms with van der Waals surface area (Å²) in [6.07, 6.45) is 6.37. The number of pyridine rings is 4. The standard InChI is InChI=1S/C18H14N4/c1-12-4-5-15-8-13(11-21-18(15)22-12)7-14-9-17-16(20-10-14)3-2-6-19-17/h2-6,8-11H,7H2,1H3. The second-order valence-corrected chi connectivity index (χ2v) is 5.40. The zero-order valence-corrected chi connectivity index (χ0v) is 12.2. The lowest BCUT2D eigenvalue weighted by Gasteiger charge is -2.05. The van der Waals surface area contributed by atoms with Gasteiger partial charge in [-0.15, -0.1) is 0 Å². The third-order valence-corrected chi connectivity index (χ3v) is 3.65. The summed E-state index contributed by atoms with van der Waals surface area (Å²) < 4.78 is 0. The number of hydrogen-bond acceptors (Lipinski definition) is 4. The highest BCUT2D eigenvalue weighted by molar-refractivity contribution is 5.76. The lowest BCUT2D eigenvalue weighted by Crippen LogP contribution is -1.94. The van der Waals surface area contributed by atoms with E-state index in [1.54, 1.807) is 6.20 Å². The van der Waals surface area contributed by atoms with Gasteiger partial charge in [0.1, 0.15) is 0 Å². The Balaban J connectivity index is 1.70. The van der Waals surface area contributed by atoms with E-state index in [9.17, 15) is 0 Å². The fraction of sp³-hybridized carbons (Fsp3) is 0.111. The zero-order valence-electron chi connectivity index (χ0n) is 12.2. The maximum absolute atomic E-state index is 4.46. The lowest BCUT2D eigenvalue weighted by atomic mass is 10.1. The Bertz CT molecular complexity index is 979. The lowest BCUT2D eigenvalue weighted by molar-refractivity contribution is 1.12. The highest BCUT2D eigenvalue weighted by Gasteiger charge is 2.03. The van der Waals surface area contributed by atoms with Gasteiger partial charge in [-0.2, -0.15) is 0 Å². The van der Waals surface area contributed by atoms with Gasteiger partial charge in [0.25, 0.3) is 0 Å². The molecule has 0 amide bonds. The summed E-state index contributed by atoms with van der Waals surface area (Å²) in [7, 11) is 0. The number of fused-ring (bicyclic) bond motifs is 2. The van der Waals surface area contributed by atoms with Gasteiger partial charge in [-0.3, -0.25) is 9.97 Å². The molecule has 0 saturated heterocycles. The van der Waals surface area contributed by atoms with Gasteiger partial charge in [0.15, 0.2) is 5.65 Å². The number of nitrogens with zero attached hydrogens (tertiary/aromatic N) is 4. The molecule has 0 aliphatic heterocycles. The maximum atomic E-state index is 4.46. The van der Waals surface area contributed by atoms with E-state index in [4.69, 9.17) is 0 Å². The fourth-order valence-electron chi connectivity index (χ4n) is 2.57. The van der Waals surface area contributed by atoms with Gasteiger partial charge in [0.05, 0.1) is 11.0 Å². The zero-order chi connectivity index (χ0) is 14.9. The first-order valence-electron chi connectivity index (χ1n) is 7.20. The van der Waals surface area contributed by atoms with Crippen LogP contribution in [0.4, 0.5) is 0 Å². The molecule has 22 heavy (non-hydrogen) atoms. The molecule has 0 unspecified atom stereocenters. The van der Waals surface area contributed by atoms with Crippen LogP contribution >= 0.6 is 0 Å². The Morgan fingerprint density at radius 3 is 2.68 bits per heavy atom. The Kier molecular flexibility index (Phi) is 3.00. The molecule has 4 rings (SSSR count). The molecular weight excluding hydrogens is 272 g/mol. The van der Waals surface area contributed by atoms with Crippen LogP contribution in [0.15, 0.2) is 55.0 Å². The second kappa shape index (κ2) is 5.15. The van der Waals surface area contributed by atoms with E-state index in [1.807, 2.05) is 37.5 Å². The highest BCUT2D eigenvalue weighted by atomic mass is 14.8. The summed E-state index contributed by atoms with van der Waals surface area (Å²) in [6, 6.07) is 12.2. The summed E-state index contributed by atoms with van der Waals surface area (Å²) in [4.78, 5) is 17.7. The normalized spacial score (nSPS) is 11.1. The predicted molar refractivity (Wildman–Crippen MR) is 86.6 cm³/mol. The first kappa shape index (κ1) is 12.8. The molecule has 0 aromatic carbocycles. The molecule has 0 radical (unpaired) electrons. The maximum Gasteiger partial charge on any atom is 0.159 e. The topological polar surface area (TPSA) is 51.6 Å². The minimum absolute atomic E-state index is 0.788. The Morgan fingerprint density at radius 1 is 0.864 bits per heavy atom. The minimum atomic E-state index is 0.788. The highest BCUT2D eigenvalue weighted by Crippen LogP contribution is 2.17. The van der Waals surface area contributed by atoms with Crippen LogP contribution in [-0.2, 0) is 6.42 Å². The molecule has 0 aliphatic carbocycles.